The molecule has 8 nitrogen and oxygen atoms in total. The van der Waals surface area contributed by atoms with E-state index >= 15 is 0 Å². The lowest BCUT2D eigenvalue weighted by atomic mass is 10.1. The van der Waals surface area contributed by atoms with Crippen LogP contribution in [0.3, 0.4) is 0 Å². The number of amides is 1. The Morgan fingerprint density at radius 3 is 2.62 bits per heavy atom. The Morgan fingerprint density at radius 2 is 1.90 bits per heavy atom. The van der Waals surface area contributed by atoms with Gasteiger partial charge >= 0.3 is 6.18 Å². The minimum atomic E-state index is -4.45. The molecule has 204 valence electrons. The maximum atomic E-state index is 13.3. The van der Waals surface area contributed by atoms with Crippen LogP contribution in [0.25, 0.3) is 22.6 Å². The Hall–Kier alpha value is -4.12. The number of hydrogen-bond donors (Lipinski definition) is 1. The van der Waals surface area contributed by atoms with Crippen molar-refractivity contribution in [3.05, 3.63) is 66.4 Å². The van der Waals surface area contributed by atoms with Gasteiger partial charge in [-0.05, 0) is 68.3 Å². The van der Waals surface area contributed by atoms with Crippen molar-refractivity contribution in [1.82, 2.24) is 19.9 Å². The molecule has 0 spiro atoms. The summed E-state index contributed by atoms with van der Waals surface area (Å²) in [5, 5.41) is 0. The zero-order valence-electron chi connectivity index (χ0n) is 21.4. The van der Waals surface area contributed by atoms with E-state index in [-0.39, 0.29) is 24.6 Å². The molecule has 4 aromatic rings. The summed E-state index contributed by atoms with van der Waals surface area (Å²) < 4.78 is 57.2. The van der Waals surface area contributed by atoms with E-state index in [1.54, 1.807) is 37.6 Å². The predicted octanol–water partition coefficient (Wildman–Crippen LogP) is 6.00. The fourth-order valence-corrected chi connectivity index (χ4v) is 4.64. The molecular formula is C28H27F3N4O4. The van der Waals surface area contributed by atoms with Crippen molar-refractivity contribution < 1.29 is 32.2 Å². The number of imidazole rings is 1. The molecule has 1 unspecified atom stereocenters. The molecule has 0 bridgehead atoms. The third-order valence-corrected chi connectivity index (χ3v) is 6.38. The van der Waals surface area contributed by atoms with Gasteiger partial charge in [0.25, 0.3) is 5.91 Å². The molecule has 5 rings (SSSR count). The number of aromatic nitrogens is 3. The van der Waals surface area contributed by atoms with E-state index in [2.05, 4.69) is 15.0 Å². The molecule has 1 N–H and O–H groups in total. The normalized spacial score (nSPS) is 16.4. The minimum absolute atomic E-state index is 0.0790. The van der Waals surface area contributed by atoms with E-state index in [0.29, 0.717) is 47.3 Å². The van der Waals surface area contributed by atoms with E-state index in [4.69, 9.17) is 14.2 Å². The monoisotopic (exact) mass is 540 g/mol. The van der Waals surface area contributed by atoms with Gasteiger partial charge in [0, 0.05) is 37.0 Å². The average Bonchev–Trinajstić information content (AvgIpc) is 3.57. The van der Waals surface area contributed by atoms with E-state index in [1.165, 1.54) is 12.1 Å². The molecule has 0 radical (unpaired) electrons. The van der Waals surface area contributed by atoms with Crippen molar-refractivity contribution in [2.75, 3.05) is 20.3 Å². The molecule has 1 aliphatic rings. The second-order valence-electron chi connectivity index (χ2n) is 9.36. The first kappa shape index (κ1) is 26.5. The van der Waals surface area contributed by atoms with E-state index < -0.39 is 18.1 Å². The first-order chi connectivity index (χ1) is 18.7. The van der Waals surface area contributed by atoms with Gasteiger partial charge in [-0.1, -0.05) is 0 Å². The van der Waals surface area contributed by atoms with Gasteiger partial charge in [-0.3, -0.25) is 4.79 Å². The van der Waals surface area contributed by atoms with E-state index in [1.807, 2.05) is 25.1 Å². The van der Waals surface area contributed by atoms with Gasteiger partial charge in [-0.25, -0.2) is 9.97 Å². The molecule has 1 aliphatic heterocycles. The lowest BCUT2D eigenvalue weighted by Gasteiger charge is -2.26. The maximum Gasteiger partial charge on any atom is 0.408 e. The fraction of sp³-hybridized carbons (Fsp3) is 0.321. The molecule has 39 heavy (non-hydrogen) atoms. The number of carbonyl (C=O) groups is 1. The second-order valence-corrected chi connectivity index (χ2v) is 9.36. The number of likely N-dealkylation sites (tertiary alicyclic amines) is 1. The first-order valence-electron chi connectivity index (χ1n) is 12.5. The summed E-state index contributed by atoms with van der Waals surface area (Å²) in [4.78, 5) is 25.7. The van der Waals surface area contributed by atoms with Gasteiger partial charge < -0.3 is 24.1 Å². The molecule has 3 heterocycles. The van der Waals surface area contributed by atoms with Crippen LogP contribution in [0.1, 0.15) is 30.1 Å². The molecule has 11 heteroatoms. The topological polar surface area (TPSA) is 89.6 Å². The minimum Gasteiger partial charge on any atom is -0.488 e. The van der Waals surface area contributed by atoms with Crippen LogP contribution in [-0.4, -0.2) is 64.3 Å². The SMILES string of the molecule is COC[C@H](C)Oc1cc(Oc2ccc(C(=O)N3CCCC3C(F)(F)F)cc2)cc(-c2nc3ncccc3[nH]2)c1. The lowest BCUT2D eigenvalue weighted by molar-refractivity contribution is -0.169. The molecule has 2 aromatic heterocycles. The highest BCUT2D eigenvalue weighted by Gasteiger charge is 2.47. The van der Waals surface area contributed by atoms with Crippen molar-refractivity contribution in [2.45, 2.75) is 38.1 Å². The van der Waals surface area contributed by atoms with Crippen molar-refractivity contribution in [2.24, 2.45) is 0 Å². The standard InChI is InChI=1S/C28H27F3N4O4/c1-17(16-37-2)38-21-13-19(25-33-23-5-3-11-32-26(23)34-25)14-22(15-21)39-20-9-7-18(8-10-20)27(36)35-12-4-6-24(35)28(29,30)31/h3,5,7-11,13-15,17,24H,4,6,12,16H2,1-2H3,(H,32,33,34)/t17-,24?/m0/s1. The number of rotatable bonds is 8. The number of aromatic amines is 1. The third-order valence-electron chi connectivity index (χ3n) is 6.38. The number of fused-ring (bicyclic) bond motifs is 1. The van der Waals surface area contributed by atoms with Crippen molar-refractivity contribution >= 4 is 17.1 Å². The van der Waals surface area contributed by atoms with Gasteiger partial charge in [0.1, 0.15) is 35.2 Å². The van der Waals surface area contributed by atoms with Crippen LogP contribution in [0.5, 0.6) is 17.2 Å². The smallest absolute Gasteiger partial charge is 0.408 e. The Kier molecular flexibility index (Phi) is 7.42. The van der Waals surface area contributed by atoms with Crippen LogP contribution >= 0.6 is 0 Å². The number of halogens is 3. The number of carbonyl (C=O) groups excluding carboxylic acids is 1. The Bertz CT molecular complexity index is 1420. The van der Waals surface area contributed by atoms with Crippen molar-refractivity contribution in [3.8, 4) is 28.6 Å². The number of alkyl halides is 3. The molecule has 2 atom stereocenters. The number of H-pyrrole nitrogens is 1. The summed E-state index contributed by atoms with van der Waals surface area (Å²) in [6.45, 7) is 2.34. The van der Waals surface area contributed by atoms with Gasteiger partial charge in [0.05, 0.1) is 12.1 Å². The van der Waals surface area contributed by atoms with Crippen LogP contribution in [0.15, 0.2) is 60.8 Å². The Morgan fingerprint density at radius 1 is 1.13 bits per heavy atom. The zero-order chi connectivity index (χ0) is 27.6. The summed E-state index contributed by atoms with van der Waals surface area (Å²) in [7, 11) is 1.59. The largest absolute Gasteiger partial charge is 0.488 e. The molecule has 0 saturated carbocycles. The summed E-state index contributed by atoms with van der Waals surface area (Å²) >= 11 is 0. The summed E-state index contributed by atoms with van der Waals surface area (Å²) in [6, 6.07) is 13.3. The molecule has 1 amide bonds. The first-order valence-corrected chi connectivity index (χ1v) is 12.5. The summed E-state index contributed by atoms with van der Waals surface area (Å²) in [5.41, 5.74) is 2.21. The van der Waals surface area contributed by atoms with Crippen LogP contribution in [0.2, 0.25) is 0 Å². The molecule has 1 saturated heterocycles. The number of hydrogen-bond acceptors (Lipinski definition) is 6. The van der Waals surface area contributed by atoms with Gasteiger partial charge in [0.2, 0.25) is 0 Å². The van der Waals surface area contributed by atoms with Gasteiger partial charge in [-0.2, -0.15) is 13.2 Å². The van der Waals surface area contributed by atoms with Crippen molar-refractivity contribution in [3.63, 3.8) is 0 Å². The number of benzene rings is 2. The number of methoxy groups -OCH3 is 1. The highest BCUT2D eigenvalue weighted by Crippen LogP contribution is 2.35. The highest BCUT2D eigenvalue weighted by atomic mass is 19.4. The van der Waals surface area contributed by atoms with Crippen LogP contribution < -0.4 is 9.47 Å². The lowest BCUT2D eigenvalue weighted by Crippen LogP contribution is -2.44. The summed E-state index contributed by atoms with van der Waals surface area (Å²) in [6.07, 6.45) is -2.78. The summed E-state index contributed by atoms with van der Waals surface area (Å²) in [5.74, 6) is 1.30. The number of ether oxygens (including phenoxy) is 3. The van der Waals surface area contributed by atoms with Crippen LogP contribution in [-0.2, 0) is 4.74 Å². The van der Waals surface area contributed by atoms with Crippen LogP contribution in [0, 0.1) is 0 Å². The van der Waals surface area contributed by atoms with Crippen LogP contribution in [0.4, 0.5) is 13.2 Å². The Labute approximate surface area is 222 Å². The Balaban J connectivity index is 1.39. The van der Waals surface area contributed by atoms with E-state index in [0.717, 1.165) is 10.4 Å². The molecule has 0 aliphatic carbocycles. The van der Waals surface area contributed by atoms with Gasteiger partial charge in [-0.15, -0.1) is 0 Å². The molecule has 1 fully saturated rings. The van der Waals surface area contributed by atoms with Gasteiger partial charge in [0.15, 0.2) is 5.65 Å². The van der Waals surface area contributed by atoms with E-state index in [9.17, 15) is 18.0 Å². The average molecular weight is 541 g/mol. The zero-order valence-corrected chi connectivity index (χ0v) is 21.4. The maximum absolute atomic E-state index is 13.3. The second kappa shape index (κ2) is 10.9. The highest BCUT2D eigenvalue weighted by molar-refractivity contribution is 5.94. The quantitative estimate of drug-likeness (QED) is 0.295. The fourth-order valence-electron chi connectivity index (χ4n) is 4.64. The molecule has 2 aromatic carbocycles. The number of pyridine rings is 1. The third kappa shape index (κ3) is 5.98. The number of nitrogens with zero attached hydrogens (tertiary/aromatic N) is 3. The van der Waals surface area contributed by atoms with Crippen molar-refractivity contribution in [1.29, 1.82) is 0 Å². The number of nitrogens with one attached hydrogen (secondary N) is 1. The predicted molar refractivity (Wildman–Crippen MR) is 138 cm³/mol. The molecular weight excluding hydrogens is 513 g/mol.